The second kappa shape index (κ2) is 4.73. The fourth-order valence-corrected chi connectivity index (χ4v) is 2.83. The maximum Gasteiger partial charge on any atom is 0.351 e. The molecule has 2 fully saturated rings. The van der Waals surface area contributed by atoms with Gasteiger partial charge < -0.3 is 9.47 Å². The first-order valence-electron chi connectivity index (χ1n) is 6.90. The quantitative estimate of drug-likeness (QED) is 0.716. The summed E-state index contributed by atoms with van der Waals surface area (Å²) < 4.78 is 13.7. The third-order valence-electron chi connectivity index (χ3n) is 3.90. The van der Waals surface area contributed by atoms with Crippen LogP contribution in [0.5, 0.6) is 0 Å². The molecule has 0 aromatic carbocycles. The van der Waals surface area contributed by atoms with E-state index in [9.17, 15) is 9.59 Å². The first-order valence-corrected chi connectivity index (χ1v) is 6.90. The van der Waals surface area contributed by atoms with Crippen LogP contribution in [0, 0.1) is 5.92 Å². The van der Waals surface area contributed by atoms with Crippen molar-refractivity contribution < 1.29 is 14.3 Å². The van der Waals surface area contributed by atoms with E-state index in [1.165, 1.54) is 28.8 Å². The second-order valence-corrected chi connectivity index (χ2v) is 5.34. The highest BCUT2D eigenvalue weighted by molar-refractivity contribution is 5.66. The summed E-state index contributed by atoms with van der Waals surface area (Å²) in [4.78, 5) is 30.8. The molecule has 4 unspecified atom stereocenters. The summed E-state index contributed by atoms with van der Waals surface area (Å²) in [6, 6.07) is 1.67. The number of esters is 1. The number of carbonyl (C=O) groups excluding carboxylic acids is 1. The van der Waals surface area contributed by atoms with E-state index in [2.05, 4.69) is 15.1 Å². The summed E-state index contributed by atoms with van der Waals surface area (Å²) in [6.07, 6.45) is 4.44. The molecule has 2 aromatic heterocycles. The highest BCUT2D eigenvalue weighted by Crippen LogP contribution is 2.51. The lowest BCUT2D eigenvalue weighted by Gasteiger charge is -2.17. The summed E-state index contributed by atoms with van der Waals surface area (Å²) in [5.74, 6) is 0.256. The van der Waals surface area contributed by atoms with Crippen LogP contribution in [0.1, 0.15) is 19.6 Å². The molecule has 1 saturated heterocycles. The standard InChI is InChI=1S/C13H13N5O4/c1-7(19)21-11-8-4-10(22-12(8)11)17-3-2-9(16-13(17)20)18-6-14-5-15-18/h2-3,5-6,8,10-12H,4H2,1H3. The number of ether oxygens (including phenoxy) is 2. The topological polar surface area (TPSA) is 101 Å². The highest BCUT2D eigenvalue weighted by atomic mass is 16.6. The minimum atomic E-state index is -0.414. The average molecular weight is 303 g/mol. The van der Waals surface area contributed by atoms with Crippen molar-refractivity contribution in [2.24, 2.45) is 5.92 Å². The van der Waals surface area contributed by atoms with E-state index >= 15 is 0 Å². The molecule has 1 saturated carbocycles. The van der Waals surface area contributed by atoms with Crippen LogP contribution in [-0.2, 0) is 14.3 Å². The van der Waals surface area contributed by atoms with Gasteiger partial charge in [0, 0.05) is 25.5 Å². The van der Waals surface area contributed by atoms with Crippen molar-refractivity contribution in [1.82, 2.24) is 24.3 Å². The van der Waals surface area contributed by atoms with Crippen LogP contribution in [0.3, 0.4) is 0 Å². The molecule has 114 valence electrons. The zero-order valence-electron chi connectivity index (χ0n) is 11.7. The summed E-state index contributed by atoms with van der Waals surface area (Å²) in [5, 5.41) is 3.93. The predicted molar refractivity (Wildman–Crippen MR) is 71.0 cm³/mol. The minimum Gasteiger partial charge on any atom is -0.459 e. The Balaban J connectivity index is 1.49. The molecule has 22 heavy (non-hydrogen) atoms. The van der Waals surface area contributed by atoms with Gasteiger partial charge in [0.1, 0.15) is 31.1 Å². The van der Waals surface area contributed by atoms with Gasteiger partial charge in [-0.25, -0.2) is 14.5 Å². The normalized spacial score (nSPS) is 29.1. The Morgan fingerprint density at radius 3 is 2.95 bits per heavy atom. The molecule has 0 N–H and O–H groups in total. The van der Waals surface area contributed by atoms with Crippen LogP contribution in [0.25, 0.3) is 5.82 Å². The molecule has 3 heterocycles. The van der Waals surface area contributed by atoms with Gasteiger partial charge in [0.05, 0.1) is 0 Å². The first kappa shape index (κ1) is 13.1. The number of rotatable bonds is 3. The Hall–Kier alpha value is -2.55. The van der Waals surface area contributed by atoms with E-state index in [1.807, 2.05) is 0 Å². The van der Waals surface area contributed by atoms with Crippen molar-refractivity contribution in [3.8, 4) is 5.82 Å². The Morgan fingerprint density at radius 2 is 2.36 bits per heavy atom. The maximum absolute atomic E-state index is 12.1. The van der Waals surface area contributed by atoms with Gasteiger partial charge in [-0.15, -0.1) is 0 Å². The summed E-state index contributed by atoms with van der Waals surface area (Å²) in [5.41, 5.74) is -0.414. The molecular weight excluding hydrogens is 290 g/mol. The summed E-state index contributed by atoms with van der Waals surface area (Å²) >= 11 is 0. The molecule has 0 spiro atoms. The van der Waals surface area contributed by atoms with Crippen molar-refractivity contribution in [3.05, 3.63) is 35.4 Å². The Bertz CT molecular complexity index is 759. The van der Waals surface area contributed by atoms with Crippen LogP contribution >= 0.6 is 0 Å². The van der Waals surface area contributed by atoms with E-state index in [0.29, 0.717) is 12.2 Å². The summed E-state index contributed by atoms with van der Waals surface area (Å²) in [7, 11) is 0. The van der Waals surface area contributed by atoms with Crippen LogP contribution < -0.4 is 5.69 Å². The van der Waals surface area contributed by atoms with Gasteiger partial charge in [-0.3, -0.25) is 9.36 Å². The van der Waals surface area contributed by atoms with E-state index in [1.54, 1.807) is 12.3 Å². The van der Waals surface area contributed by atoms with Crippen molar-refractivity contribution in [2.45, 2.75) is 31.8 Å². The molecular formula is C13H13N5O4. The van der Waals surface area contributed by atoms with Gasteiger partial charge in [0.2, 0.25) is 0 Å². The minimum absolute atomic E-state index is 0.115. The van der Waals surface area contributed by atoms with Crippen LogP contribution in [0.4, 0.5) is 0 Å². The smallest absolute Gasteiger partial charge is 0.351 e. The van der Waals surface area contributed by atoms with E-state index in [-0.39, 0.29) is 30.3 Å². The van der Waals surface area contributed by atoms with Gasteiger partial charge >= 0.3 is 11.7 Å². The number of nitrogens with zero attached hydrogens (tertiary/aromatic N) is 5. The molecule has 0 amide bonds. The third kappa shape index (κ3) is 2.10. The highest BCUT2D eigenvalue weighted by Gasteiger charge is 2.61. The van der Waals surface area contributed by atoms with Crippen molar-refractivity contribution in [3.63, 3.8) is 0 Å². The SMILES string of the molecule is CC(=O)OC1C2CC(n3ccc(-n4cncn4)nc3=O)OC21. The molecule has 4 atom stereocenters. The number of carbonyl (C=O) groups is 1. The Kier molecular flexibility index (Phi) is 2.83. The van der Waals surface area contributed by atoms with Gasteiger partial charge in [0.25, 0.3) is 0 Å². The molecule has 9 nitrogen and oxygen atoms in total. The third-order valence-corrected chi connectivity index (χ3v) is 3.90. The Morgan fingerprint density at radius 1 is 1.50 bits per heavy atom. The van der Waals surface area contributed by atoms with Gasteiger partial charge in [-0.2, -0.15) is 10.1 Å². The first-order chi connectivity index (χ1) is 10.6. The van der Waals surface area contributed by atoms with Crippen molar-refractivity contribution in [1.29, 1.82) is 0 Å². The molecule has 0 radical (unpaired) electrons. The molecule has 2 aliphatic rings. The number of hydrogen-bond acceptors (Lipinski definition) is 7. The van der Waals surface area contributed by atoms with Gasteiger partial charge in [-0.1, -0.05) is 0 Å². The molecule has 0 bridgehead atoms. The number of fused-ring (bicyclic) bond motifs is 1. The van der Waals surface area contributed by atoms with E-state index < -0.39 is 5.69 Å². The van der Waals surface area contributed by atoms with Crippen LogP contribution in [0.15, 0.2) is 29.7 Å². The summed E-state index contributed by atoms with van der Waals surface area (Å²) in [6.45, 7) is 1.38. The zero-order chi connectivity index (χ0) is 15.3. The lowest BCUT2D eigenvalue weighted by atomic mass is 10.3. The maximum atomic E-state index is 12.1. The predicted octanol–water partition coefficient (Wildman–Crippen LogP) is -0.327. The van der Waals surface area contributed by atoms with Crippen LogP contribution in [-0.4, -0.2) is 42.5 Å². The van der Waals surface area contributed by atoms with E-state index in [0.717, 1.165) is 0 Å². The monoisotopic (exact) mass is 303 g/mol. The van der Waals surface area contributed by atoms with Crippen molar-refractivity contribution >= 4 is 5.97 Å². The molecule has 2 aromatic rings. The number of aromatic nitrogens is 5. The second-order valence-electron chi connectivity index (χ2n) is 5.34. The number of hydrogen-bond donors (Lipinski definition) is 0. The molecule has 1 aliphatic carbocycles. The lowest BCUT2D eigenvalue weighted by molar-refractivity contribution is -0.146. The van der Waals surface area contributed by atoms with Crippen molar-refractivity contribution in [2.75, 3.05) is 0 Å². The fourth-order valence-electron chi connectivity index (χ4n) is 2.83. The average Bonchev–Trinajstić information content (AvgIpc) is 2.96. The largest absolute Gasteiger partial charge is 0.459 e. The molecule has 1 aliphatic heterocycles. The molecule has 4 rings (SSSR count). The lowest BCUT2D eigenvalue weighted by Crippen LogP contribution is -2.29. The fraction of sp³-hybridized carbons (Fsp3) is 0.462. The van der Waals surface area contributed by atoms with Gasteiger partial charge in [-0.05, 0) is 6.07 Å². The van der Waals surface area contributed by atoms with Crippen LogP contribution in [0.2, 0.25) is 0 Å². The zero-order valence-corrected chi connectivity index (χ0v) is 11.7. The molecule has 9 heteroatoms. The van der Waals surface area contributed by atoms with E-state index in [4.69, 9.17) is 9.47 Å². The Labute approximate surface area is 124 Å². The van der Waals surface area contributed by atoms with Gasteiger partial charge in [0.15, 0.2) is 5.82 Å².